The molecular weight excluding hydrogens is 350 g/mol. The molecule has 0 saturated heterocycles. The number of amides is 3. The van der Waals surface area contributed by atoms with Crippen LogP contribution in [0, 0.1) is 11.8 Å². The number of urea groups is 1. The lowest BCUT2D eigenvalue weighted by Crippen LogP contribution is -2.89. The van der Waals surface area contributed by atoms with E-state index in [1.807, 2.05) is 35.6 Å². The highest BCUT2D eigenvalue weighted by molar-refractivity contribution is 5.96. The van der Waals surface area contributed by atoms with Crippen molar-refractivity contribution in [3.8, 4) is 0 Å². The van der Waals surface area contributed by atoms with Gasteiger partial charge >= 0.3 is 6.03 Å². The average Bonchev–Trinajstić information content (AvgIpc) is 2.62. The van der Waals surface area contributed by atoms with E-state index in [4.69, 9.17) is 5.73 Å². The molecule has 0 aliphatic heterocycles. The van der Waals surface area contributed by atoms with E-state index < -0.39 is 18.0 Å². The molecule has 5 nitrogen and oxygen atoms in total. The summed E-state index contributed by atoms with van der Waals surface area (Å²) in [6, 6.07) is 16.8. The third kappa shape index (κ3) is 6.20. The van der Waals surface area contributed by atoms with Crippen LogP contribution in [0.15, 0.2) is 54.6 Å². The van der Waals surface area contributed by atoms with Crippen LogP contribution in [0.2, 0.25) is 0 Å². The van der Waals surface area contributed by atoms with Gasteiger partial charge in [0, 0.05) is 17.0 Å². The maximum atomic E-state index is 12.7. The molecule has 28 heavy (non-hydrogen) atoms. The number of carbonyl (C=O) groups is 2. The standard InChI is InChI=1S/C23H31N3O2/c1-15(2)14-17-10-12-19(13-11-17)20(16(3)4)25-21(22(27)26-23(24)28)18-8-6-5-7-9-18/h5-13,15-16,20-21,25H,14H2,1-4H3,(H3,24,26,27,28)/p+1/t20-,21-/m0/s1. The highest BCUT2D eigenvalue weighted by atomic mass is 16.2. The zero-order valence-electron chi connectivity index (χ0n) is 17.2. The molecule has 0 fully saturated rings. The number of hydrogen-bond acceptors (Lipinski definition) is 2. The Kier molecular flexibility index (Phi) is 7.76. The molecule has 0 aliphatic carbocycles. The SMILES string of the molecule is CC(C)Cc1ccc([C@@H]([NH2+][C@H](C(=O)NC(N)=O)c2ccccc2)C(C)C)cc1. The van der Waals surface area contributed by atoms with Gasteiger partial charge in [-0.25, -0.2) is 4.79 Å². The van der Waals surface area contributed by atoms with Crippen molar-refractivity contribution >= 4 is 11.9 Å². The molecule has 2 atom stereocenters. The summed E-state index contributed by atoms with van der Waals surface area (Å²) in [6.07, 6.45) is 1.05. The van der Waals surface area contributed by atoms with Gasteiger partial charge in [0.15, 0.2) is 6.04 Å². The predicted molar refractivity (Wildman–Crippen MR) is 111 cm³/mol. The molecule has 0 spiro atoms. The van der Waals surface area contributed by atoms with Crippen molar-refractivity contribution < 1.29 is 14.9 Å². The number of quaternary nitrogens is 1. The number of rotatable bonds is 8. The van der Waals surface area contributed by atoms with Crippen molar-refractivity contribution in [2.45, 2.75) is 46.2 Å². The van der Waals surface area contributed by atoms with Crippen LogP contribution in [0.4, 0.5) is 4.79 Å². The minimum atomic E-state index is -0.835. The molecule has 0 heterocycles. The second-order valence-corrected chi connectivity index (χ2v) is 8.04. The van der Waals surface area contributed by atoms with Crippen molar-refractivity contribution in [3.63, 3.8) is 0 Å². The van der Waals surface area contributed by atoms with Crippen molar-refractivity contribution in [3.05, 3.63) is 71.3 Å². The van der Waals surface area contributed by atoms with Crippen molar-refractivity contribution in [1.82, 2.24) is 5.32 Å². The molecule has 0 aromatic heterocycles. The molecule has 0 unspecified atom stereocenters. The molecular formula is C23H32N3O2+. The van der Waals surface area contributed by atoms with Crippen molar-refractivity contribution in [2.24, 2.45) is 17.6 Å². The van der Waals surface area contributed by atoms with Gasteiger partial charge in [-0.15, -0.1) is 0 Å². The van der Waals surface area contributed by atoms with Crippen LogP contribution in [0.1, 0.15) is 56.5 Å². The summed E-state index contributed by atoms with van der Waals surface area (Å²) in [6.45, 7) is 8.69. The zero-order valence-corrected chi connectivity index (χ0v) is 17.2. The van der Waals surface area contributed by atoms with Gasteiger partial charge in [0.1, 0.15) is 6.04 Å². The first-order chi connectivity index (χ1) is 13.3. The number of imide groups is 1. The van der Waals surface area contributed by atoms with E-state index in [0.29, 0.717) is 11.8 Å². The van der Waals surface area contributed by atoms with Crippen LogP contribution < -0.4 is 16.4 Å². The number of primary amides is 1. The minimum Gasteiger partial charge on any atom is -0.351 e. The average molecular weight is 383 g/mol. The first kappa shape index (κ1) is 21.6. The first-order valence-electron chi connectivity index (χ1n) is 9.87. The Morgan fingerprint density at radius 1 is 0.929 bits per heavy atom. The molecule has 0 aliphatic rings. The molecule has 3 amide bonds. The second kappa shape index (κ2) is 10.0. The molecule has 5 N–H and O–H groups in total. The van der Waals surface area contributed by atoms with E-state index in [1.165, 1.54) is 5.56 Å². The number of hydrogen-bond donors (Lipinski definition) is 3. The minimum absolute atomic E-state index is 0.0666. The van der Waals surface area contributed by atoms with E-state index in [0.717, 1.165) is 17.5 Å². The number of nitrogens with one attached hydrogen (secondary N) is 1. The fourth-order valence-electron chi connectivity index (χ4n) is 3.48. The zero-order chi connectivity index (χ0) is 20.7. The normalized spacial score (nSPS) is 13.4. The molecule has 0 bridgehead atoms. The fraction of sp³-hybridized carbons (Fsp3) is 0.391. The second-order valence-electron chi connectivity index (χ2n) is 8.04. The predicted octanol–water partition coefficient (Wildman–Crippen LogP) is 3.08. The highest BCUT2D eigenvalue weighted by Gasteiger charge is 2.31. The number of nitrogens with two attached hydrogens (primary N) is 2. The molecule has 150 valence electrons. The van der Waals surface area contributed by atoms with Gasteiger partial charge in [0.05, 0.1) is 0 Å². The highest BCUT2D eigenvalue weighted by Crippen LogP contribution is 2.21. The van der Waals surface area contributed by atoms with Gasteiger partial charge < -0.3 is 11.1 Å². The lowest BCUT2D eigenvalue weighted by molar-refractivity contribution is -0.728. The lowest BCUT2D eigenvalue weighted by atomic mass is 9.92. The molecule has 2 aromatic rings. The summed E-state index contributed by atoms with van der Waals surface area (Å²) in [7, 11) is 0. The lowest BCUT2D eigenvalue weighted by Gasteiger charge is -2.25. The Morgan fingerprint density at radius 3 is 2.04 bits per heavy atom. The molecule has 2 aromatic carbocycles. The summed E-state index contributed by atoms with van der Waals surface area (Å²) in [4.78, 5) is 23.9. The Balaban J connectivity index is 2.29. The van der Waals surface area contributed by atoms with Crippen LogP contribution >= 0.6 is 0 Å². The summed E-state index contributed by atoms with van der Waals surface area (Å²) in [5, 5.41) is 4.26. The van der Waals surface area contributed by atoms with E-state index in [9.17, 15) is 9.59 Å². The maximum absolute atomic E-state index is 12.7. The van der Waals surface area contributed by atoms with Gasteiger partial charge in [-0.3, -0.25) is 10.1 Å². The Morgan fingerprint density at radius 2 is 1.54 bits per heavy atom. The van der Waals surface area contributed by atoms with Crippen LogP contribution in [-0.4, -0.2) is 11.9 Å². The number of carbonyl (C=O) groups excluding carboxylic acids is 2. The summed E-state index contributed by atoms with van der Waals surface area (Å²) in [5.41, 5.74) is 8.49. The van der Waals surface area contributed by atoms with Gasteiger partial charge in [0.2, 0.25) is 0 Å². The third-order valence-corrected chi connectivity index (χ3v) is 4.81. The van der Waals surface area contributed by atoms with Gasteiger partial charge in [-0.05, 0) is 17.9 Å². The van der Waals surface area contributed by atoms with Crippen molar-refractivity contribution in [1.29, 1.82) is 0 Å². The molecule has 5 heteroatoms. The molecule has 2 rings (SSSR count). The Labute approximate surface area is 167 Å². The third-order valence-electron chi connectivity index (χ3n) is 4.81. The fourth-order valence-corrected chi connectivity index (χ4v) is 3.48. The smallest absolute Gasteiger partial charge is 0.319 e. The summed E-state index contributed by atoms with van der Waals surface area (Å²) in [5.74, 6) is 0.502. The van der Waals surface area contributed by atoms with Gasteiger partial charge in [0.25, 0.3) is 5.91 Å². The Hall–Kier alpha value is -2.66. The quantitative estimate of drug-likeness (QED) is 0.655. The van der Waals surface area contributed by atoms with E-state index in [-0.39, 0.29) is 6.04 Å². The van der Waals surface area contributed by atoms with Crippen LogP contribution in [-0.2, 0) is 11.2 Å². The Bertz CT molecular complexity index is 770. The van der Waals surface area contributed by atoms with E-state index >= 15 is 0 Å². The number of benzene rings is 2. The van der Waals surface area contributed by atoms with E-state index in [1.54, 1.807) is 0 Å². The summed E-state index contributed by atoms with van der Waals surface area (Å²) < 4.78 is 0. The van der Waals surface area contributed by atoms with E-state index in [2.05, 4.69) is 57.3 Å². The topological polar surface area (TPSA) is 88.8 Å². The van der Waals surface area contributed by atoms with Crippen LogP contribution in [0.25, 0.3) is 0 Å². The largest absolute Gasteiger partial charge is 0.351 e. The molecule has 0 radical (unpaired) electrons. The maximum Gasteiger partial charge on any atom is 0.319 e. The van der Waals surface area contributed by atoms with Crippen molar-refractivity contribution in [2.75, 3.05) is 0 Å². The van der Waals surface area contributed by atoms with Crippen LogP contribution in [0.3, 0.4) is 0 Å². The van der Waals surface area contributed by atoms with Crippen LogP contribution in [0.5, 0.6) is 0 Å². The molecule has 0 saturated carbocycles. The first-order valence-corrected chi connectivity index (χ1v) is 9.87. The van der Waals surface area contributed by atoms with Gasteiger partial charge in [-0.1, -0.05) is 82.3 Å². The monoisotopic (exact) mass is 382 g/mol. The van der Waals surface area contributed by atoms with Gasteiger partial charge in [-0.2, -0.15) is 0 Å². The summed E-state index contributed by atoms with van der Waals surface area (Å²) >= 11 is 0.